The van der Waals surface area contributed by atoms with Gasteiger partial charge in [-0.15, -0.1) is 0 Å². The van der Waals surface area contributed by atoms with Gasteiger partial charge in [-0.05, 0) is 32.7 Å². The van der Waals surface area contributed by atoms with E-state index in [2.05, 4.69) is 22.9 Å². The number of amides is 2. The number of unbranched alkanes of at least 4 members (excludes halogenated alkanes) is 2. The molecule has 0 aromatic heterocycles. The Morgan fingerprint density at radius 2 is 0.724 bits per heavy atom. The lowest BCUT2D eigenvalue weighted by Crippen LogP contribution is -2.34. The molecule has 4 N–H and O–H groups in total. The van der Waals surface area contributed by atoms with Crippen molar-refractivity contribution in [1.82, 2.24) is 16.0 Å². The normalized spacial score (nSPS) is 11.9. The summed E-state index contributed by atoms with van der Waals surface area (Å²) in [6, 6.07) is -0.554. The maximum absolute atomic E-state index is 11.8. The Bertz CT molecular complexity index is 896. The number of rotatable bonds is 49. The number of carboxylic acid groups (broad SMARTS) is 1. The van der Waals surface area contributed by atoms with Gasteiger partial charge in [0.1, 0.15) is 6.04 Å². The Labute approximate surface area is 346 Å². The van der Waals surface area contributed by atoms with Crippen LogP contribution in [0.15, 0.2) is 0 Å². The lowest BCUT2D eigenvalue weighted by Gasteiger charge is -2.11. The summed E-state index contributed by atoms with van der Waals surface area (Å²) >= 11 is 0. The summed E-state index contributed by atoms with van der Waals surface area (Å²) in [5.41, 5.74) is 0. The lowest BCUT2D eigenvalue weighted by molar-refractivity contribution is -0.139. The van der Waals surface area contributed by atoms with Crippen LogP contribution in [0.2, 0.25) is 0 Å². The molecule has 0 aliphatic heterocycles. The Morgan fingerprint density at radius 3 is 1.05 bits per heavy atom. The Balaban J connectivity index is 3.15. The van der Waals surface area contributed by atoms with E-state index >= 15 is 0 Å². The van der Waals surface area contributed by atoms with Crippen molar-refractivity contribution >= 4 is 17.8 Å². The molecule has 19 nitrogen and oxygen atoms in total. The van der Waals surface area contributed by atoms with Crippen LogP contribution in [-0.2, 0) is 71.2 Å². The van der Waals surface area contributed by atoms with Gasteiger partial charge in [-0.2, -0.15) is 0 Å². The Morgan fingerprint density at radius 1 is 0.414 bits per heavy atom. The smallest absolute Gasteiger partial charge is 0.320 e. The van der Waals surface area contributed by atoms with Crippen molar-refractivity contribution in [2.45, 2.75) is 57.9 Å². The number of hydrogen-bond donors (Lipinski definition) is 4. The quantitative estimate of drug-likeness (QED) is 0.0624. The largest absolute Gasteiger partial charge is 0.480 e. The Kier molecular flexibility index (Phi) is 45.8. The van der Waals surface area contributed by atoms with Crippen LogP contribution in [0.4, 0.5) is 0 Å². The maximum Gasteiger partial charge on any atom is 0.320 e. The molecular formula is C39H77N3O16. The van der Waals surface area contributed by atoms with Crippen LogP contribution in [0.1, 0.15) is 51.9 Å². The van der Waals surface area contributed by atoms with E-state index in [0.717, 1.165) is 19.3 Å². The molecule has 0 rings (SSSR count). The van der Waals surface area contributed by atoms with E-state index in [1.54, 1.807) is 7.05 Å². The number of carboxylic acids is 1. The summed E-state index contributed by atoms with van der Waals surface area (Å²) in [5, 5.41) is 17.4. The molecule has 0 aromatic rings. The SMILES string of the molecule is CCCCC(=O)NCCOCCOCCOCCOCCOCCOCCOCCOCCOCCOCCOCCOCCC(=O)NCCCCC(NC)C(=O)O. The first kappa shape index (κ1) is 55.9. The topological polar surface area (TPSA) is 218 Å². The van der Waals surface area contributed by atoms with Crippen LogP contribution in [0.5, 0.6) is 0 Å². The van der Waals surface area contributed by atoms with Crippen LogP contribution in [0.25, 0.3) is 0 Å². The van der Waals surface area contributed by atoms with Gasteiger partial charge in [-0.25, -0.2) is 0 Å². The van der Waals surface area contributed by atoms with Gasteiger partial charge in [0.25, 0.3) is 0 Å². The first-order valence-electron chi connectivity index (χ1n) is 20.9. The monoisotopic (exact) mass is 844 g/mol. The summed E-state index contributed by atoms with van der Waals surface area (Å²) in [6.07, 6.45) is 4.72. The van der Waals surface area contributed by atoms with Crippen LogP contribution in [-0.4, -0.2) is 208 Å². The third-order valence-corrected chi connectivity index (χ3v) is 7.78. The fraction of sp³-hybridized carbons (Fsp3) is 0.923. The summed E-state index contributed by atoms with van der Waals surface area (Å²) < 4.78 is 65.6. The van der Waals surface area contributed by atoms with E-state index < -0.39 is 12.0 Å². The second-order valence-electron chi connectivity index (χ2n) is 12.6. The number of nitrogens with one attached hydrogen (secondary N) is 3. The number of ether oxygens (including phenoxy) is 12. The zero-order valence-corrected chi connectivity index (χ0v) is 35.5. The first-order valence-corrected chi connectivity index (χ1v) is 20.9. The van der Waals surface area contributed by atoms with Gasteiger partial charge in [0.2, 0.25) is 11.8 Å². The summed E-state index contributed by atoms with van der Waals surface area (Å²) in [4.78, 5) is 34.2. The second-order valence-corrected chi connectivity index (χ2v) is 12.6. The second kappa shape index (κ2) is 47.6. The van der Waals surface area contributed by atoms with E-state index in [0.29, 0.717) is 191 Å². The molecule has 0 aromatic carbocycles. The summed E-state index contributed by atoms with van der Waals surface area (Å²) in [7, 11) is 1.62. The fourth-order valence-electron chi connectivity index (χ4n) is 4.56. The standard InChI is InChI=1S/C39H77N3O16/c1-3-4-8-37(43)42-11-13-48-15-17-50-19-21-52-23-25-54-27-29-56-31-33-58-35-34-57-32-30-55-28-26-53-24-22-51-20-18-49-16-14-47-12-9-38(44)41-10-6-5-7-36(40-2)39(45)46/h36,40H,3-35H2,1-2H3,(H,41,44)(H,42,43)(H,45,46). The van der Waals surface area contributed by atoms with Gasteiger partial charge < -0.3 is 77.9 Å². The molecule has 0 saturated heterocycles. The molecular weight excluding hydrogens is 766 g/mol. The molecule has 0 aliphatic rings. The minimum atomic E-state index is -0.864. The molecule has 58 heavy (non-hydrogen) atoms. The van der Waals surface area contributed by atoms with Gasteiger partial charge in [0.15, 0.2) is 0 Å². The maximum atomic E-state index is 11.8. The molecule has 0 saturated carbocycles. The number of carbonyl (C=O) groups is 3. The van der Waals surface area contributed by atoms with E-state index in [1.807, 2.05) is 0 Å². The van der Waals surface area contributed by atoms with Crippen molar-refractivity contribution in [2.75, 3.05) is 179 Å². The zero-order valence-electron chi connectivity index (χ0n) is 35.5. The van der Waals surface area contributed by atoms with E-state index in [-0.39, 0.29) is 18.2 Å². The van der Waals surface area contributed by atoms with Crippen molar-refractivity contribution in [3.05, 3.63) is 0 Å². The van der Waals surface area contributed by atoms with Gasteiger partial charge in [-0.3, -0.25) is 14.4 Å². The number of hydrogen-bond acceptors (Lipinski definition) is 16. The molecule has 19 heteroatoms. The molecule has 1 unspecified atom stereocenters. The Hall–Kier alpha value is -2.11. The summed E-state index contributed by atoms with van der Waals surface area (Å²) in [5.74, 6) is -0.883. The van der Waals surface area contributed by atoms with E-state index in [9.17, 15) is 14.4 Å². The van der Waals surface area contributed by atoms with Crippen molar-refractivity contribution < 1.29 is 76.3 Å². The minimum Gasteiger partial charge on any atom is -0.480 e. The summed E-state index contributed by atoms with van der Waals surface area (Å²) in [6.45, 7) is 14.2. The van der Waals surface area contributed by atoms with Crippen molar-refractivity contribution in [3.8, 4) is 0 Å². The van der Waals surface area contributed by atoms with Crippen LogP contribution < -0.4 is 16.0 Å². The van der Waals surface area contributed by atoms with Crippen molar-refractivity contribution in [1.29, 1.82) is 0 Å². The van der Waals surface area contributed by atoms with Gasteiger partial charge in [-0.1, -0.05) is 13.3 Å². The highest BCUT2D eigenvalue weighted by molar-refractivity contribution is 5.76. The van der Waals surface area contributed by atoms with Crippen LogP contribution in [0, 0.1) is 0 Å². The highest BCUT2D eigenvalue weighted by Crippen LogP contribution is 2.00. The number of aliphatic carboxylic acids is 1. The zero-order chi connectivity index (χ0) is 42.3. The predicted octanol–water partition coefficient (Wildman–Crippen LogP) is 0.841. The number of carbonyl (C=O) groups excluding carboxylic acids is 2. The molecule has 0 spiro atoms. The molecule has 0 radical (unpaired) electrons. The highest BCUT2D eigenvalue weighted by Gasteiger charge is 2.13. The minimum absolute atomic E-state index is 0.0724. The van der Waals surface area contributed by atoms with E-state index in [4.69, 9.17) is 61.9 Å². The first-order chi connectivity index (χ1) is 28.5. The number of likely N-dealkylation sites (N-methyl/N-ethyl adjacent to an activating group) is 1. The average molecular weight is 844 g/mol. The lowest BCUT2D eigenvalue weighted by atomic mass is 10.1. The molecule has 0 bridgehead atoms. The van der Waals surface area contributed by atoms with Crippen molar-refractivity contribution in [2.24, 2.45) is 0 Å². The molecule has 1 atom stereocenters. The predicted molar refractivity (Wildman–Crippen MR) is 214 cm³/mol. The molecule has 344 valence electrons. The fourth-order valence-corrected chi connectivity index (χ4v) is 4.56. The van der Waals surface area contributed by atoms with Crippen LogP contribution >= 0.6 is 0 Å². The van der Waals surface area contributed by atoms with Gasteiger partial charge in [0, 0.05) is 25.9 Å². The molecule has 0 fully saturated rings. The highest BCUT2D eigenvalue weighted by atomic mass is 16.6. The third-order valence-electron chi connectivity index (χ3n) is 7.78. The average Bonchev–Trinajstić information content (AvgIpc) is 3.22. The van der Waals surface area contributed by atoms with E-state index in [1.165, 1.54) is 0 Å². The van der Waals surface area contributed by atoms with Gasteiger partial charge in [0.05, 0.1) is 159 Å². The third kappa shape index (κ3) is 45.0. The van der Waals surface area contributed by atoms with Gasteiger partial charge >= 0.3 is 5.97 Å². The molecule has 2 amide bonds. The van der Waals surface area contributed by atoms with Crippen LogP contribution in [0.3, 0.4) is 0 Å². The van der Waals surface area contributed by atoms with Crippen molar-refractivity contribution in [3.63, 3.8) is 0 Å². The molecule has 0 heterocycles. The molecule has 0 aliphatic carbocycles.